The van der Waals surface area contributed by atoms with E-state index in [1.165, 1.54) is 6.33 Å². The number of amides is 1. The third kappa shape index (κ3) is 4.02. The Bertz CT molecular complexity index is 1260. The van der Waals surface area contributed by atoms with Crippen LogP contribution in [0.3, 0.4) is 0 Å². The third-order valence-corrected chi connectivity index (χ3v) is 6.51. The molecule has 1 saturated carbocycles. The summed E-state index contributed by atoms with van der Waals surface area (Å²) >= 11 is 0. The number of piperazine rings is 1. The Kier molecular flexibility index (Phi) is 5.35. The normalized spacial score (nSPS) is 17.8. The summed E-state index contributed by atoms with van der Waals surface area (Å²) in [4.78, 5) is 29.7. The van der Waals surface area contributed by atoms with Gasteiger partial charge in [0.15, 0.2) is 0 Å². The van der Waals surface area contributed by atoms with Crippen LogP contribution in [-0.4, -0.2) is 67.9 Å². The van der Waals surface area contributed by atoms with Crippen molar-refractivity contribution in [2.45, 2.75) is 51.0 Å². The fraction of sp³-hybridized carbons (Fsp3) is 0.500. The van der Waals surface area contributed by atoms with Gasteiger partial charge in [-0.15, -0.1) is 0 Å². The summed E-state index contributed by atoms with van der Waals surface area (Å²) in [5.41, 5.74) is 2.00. The topological polar surface area (TPSA) is 124 Å². The van der Waals surface area contributed by atoms with Crippen LogP contribution in [0.5, 0.6) is 0 Å². The van der Waals surface area contributed by atoms with Crippen LogP contribution in [0.4, 0.5) is 10.6 Å². The second-order valence-corrected chi connectivity index (χ2v) is 9.95. The SMILES string of the molecule is CC(C)(C)OC(=O)N1CCN(c2cc(-c3n[nH]c4cnc(C5(C#N)CCC5)cc34)ncn2)CC1. The lowest BCUT2D eigenvalue weighted by molar-refractivity contribution is 0.0240. The first-order valence-corrected chi connectivity index (χ1v) is 11.6. The minimum absolute atomic E-state index is 0.287. The highest BCUT2D eigenvalue weighted by atomic mass is 16.6. The Labute approximate surface area is 198 Å². The van der Waals surface area contributed by atoms with Gasteiger partial charge in [-0.1, -0.05) is 0 Å². The molecule has 1 saturated heterocycles. The largest absolute Gasteiger partial charge is 0.444 e. The van der Waals surface area contributed by atoms with Crippen LogP contribution in [-0.2, 0) is 10.2 Å². The Balaban J connectivity index is 1.36. The molecule has 1 N–H and O–H groups in total. The molecule has 0 atom stereocenters. The fourth-order valence-corrected chi connectivity index (χ4v) is 4.42. The summed E-state index contributed by atoms with van der Waals surface area (Å²) in [5.74, 6) is 0.784. The van der Waals surface area contributed by atoms with E-state index < -0.39 is 11.0 Å². The molecular weight excluding hydrogens is 432 g/mol. The highest BCUT2D eigenvalue weighted by Gasteiger charge is 2.40. The summed E-state index contributed by atoms with van der Waals surface area (Å²) in [6.07, 6.45) is 5.71. The molecule has 3 aromatic heterocycles. The molecule has 3 aromatic rings. The van der Waals surface area contributed by atoms with Crippen LogP contribution in [0, 0.1) is 11.3 Å². The number of nitriles is 1. The first kappa shape index (κ1) is 22.1. The van der Waals surface area contributed by atoms with Gasteiger partial charge in [0.25, 0.3) is 0 Å². The molecule has 176 valence electrons. The second-order valence-electron chi connectivity index (χ2n) is 9.95. The molecule has 10 nitrogen and oxygen atoms in total. The van der Waals surface area contributed by atoms with Gasteiger partial charge in [-0.3, -0.25) is 10.1 Å². The molecule has 34 heavy (non-hydrogen) atoms. The van der Waals surface area contributed by atoms with Gasteiger partial charge in [0.2, 0.25) is 0 Å². The molecule has 5 rings (SSSR count). The molecule has 2 fully saturated rings. The molecule has 2 aliphatic rings. The molecule has 0 spiro atoms. The van der Waals surface area contributed by atoms with E-state index in [-0.39, 0.29) is 6.09 Å². The third-order valence-electron chi connectivity index (χ3n) is 6.51. The van der Waals surface area contributed by atoms with E-state index in [1.807, 2.05) is 32.9 Å². The Hall–Kier alpha value is -3.74. The molecule has 1 aliphatic carbocycles. The van der Waals surface area contributed by atoms with Gasteiger partial charge in [0.1, 0.15) is 23.4 Å². The van der Waals surface area contributed by atoms with E-state index in [9.17, 15) is 10.1 Å². The monoisotopic (exact) mass is 460 g/mol. The first-order valence-electron chi connectivity index (χ1n) is 11.6. The Morgan fingerprint density at radius 2 is 1.91 bits per heavy atom. The number of aromatic amines is 1. The van der Waals surface area contributed by atoms with Crippen LogP contribution >= 0.6 is 0 Å². The molecule has 1 aliphatic heterocycles. The van der Waals surface area contributed by atoms with E-state index in [1.54, 1.807) is 11.1 Å². The summed E-state index contributed by atoms with van der Waals surface area (Å²) in [5, 5.41) is 18.1. The highest BCUT2D eigenvalue weighted by Crippen LogP contribution is 2.43. The zero-order valence-electron chi connectivity index (χ0n) is 19.7. The summed E-state index contributed by atoms with van der Waals surface area (Å²) < 4.78 is 5.49. The first-order chi connectivity index (χ1) is 16.3. The number of H-pyrrole nitrogens is 1. The zero-order valence-corrected chi connectivity index (χ0v) is 19.7. The maximum absolute atomic E-state index is 12.4. The van der Waals surface area contributed by atoms with Gasteiger partial charge in [-0.25, -0.2) is 14.8 Å². The van der Waals surface area contributed by atoms with Crippen LogP contribution in [0.2, 0.25) is 0 Å². The van der Waals surface area contributed by atoms with Crippen molar-refractivity contribution in [2.75, 3.05) is 31.1 Å². The number of nitrogens with one attached hydrogen (secondary N) is 1. The standard InChI is InChI=1S/C24H28N8O2/c1-23(2,3)34-22(33)32-9-7-31(8-10-32)20-12-17(27-15-28-20)21-16-11-19(24(14-25)5-4-6-24)26-13-18(16)29-30-21/h11-13,15H,4-10H2,1-3H3,(H,29,30). The Morgan fingerprint density at radius 3 is 2.56 bits per heavy atom. The average Bonchev–Trinajstić information content (AvgIpc) is 3.21. The predicted octanol–water partition coefficient (Wildman–Crippen LogP) is 3.42. The summed E-state index contributed by atoms with van der Waals surface area (Å²) in [6, 6.07) is 6.35. The van der Waals surface area contributed by atoms with Crippen molar-refractivity contribution in [3.05, 3.63) is 30.4 Å². The molecule has 4 heterocycles. The van der Waals surface area contributed by atoms with E-state index in [2.05, 4.69) is 36.1 Å². The van der Waals surface area contributed by atoms with E-state index >= 15 is 0 Å². The van der Waals surface area contributed by atoms with Gasteiger partial charge in [0, 0.05) is 37.6 Å². The van der Waals surface area contributed by atoms with E-state index in [4.69, 9.17) is 4.74 Å². The number of anilines is 1. The van der Waals surface area contributed by atoms with Crippen LogP contribution in [0.25, 0.3) is 22.3 Å². The van der Waals surface area contributed by atoms with Crippen molar-refractivity contribution in [1.29, 1.82) is 5.26 Å². The lowest BCUT2D eigenvalue weighted by Gasteiger charge is -2.36. The van der Waals surface area contributed by atoms with Crippen LogP contribution in [0.1, 0.15) is 45.7 Å². The van der Waals surface area contributed by atoms with Gasteiger partial charge in [-0.05, 0) is 46.1 Å². The van der Waals surface area contributed by atoms with Crippen LogP contribution in [0.15, 0.2) is 24.7 Å². The maximum Gasteiger partial charge on any atom is 0.410 e. The van der Waals surface area contributed by atoms with Gasteiger partial charge in [-0.2, -0.15) is 10.4 Å². The summed E-state index contributed by atoms with van der Waals surface area (Å²) in [7, 11) is 0. The minimum atomic E-state index is -0.511. The Morgan fingerprint density at radius 1 is 1.15 bits per heavy atom. The number of aromatic nitrogens is 5. The number of carbonyl (C=O) groups is 1. The molecule has 1 amide bonds. The number of pyridine rings is 1. The van der Waals surface area contributed by atoms with Crippen molar-refractivity contribution in [2.24, 2.45) is 0 Å². The molecular formula is C24H28N8O2. The number of carbonyl (C=O) groups excluding carboxylic acids is 1. The minimum Gasteiger partial charge on any atom is -0.444 e. The van der Waals surface area contributed by atoms with E-state index in [0.29, 0.717) is 37.6 Å². The molecule has 10 heteroatoms. The second kappa shape index (κ2) is 8.24. The smallest absolute Gasteiger partial charge is 0.410 e. The van der Waals surface area contributed by atoms with E-state index in [0.717, 1.165) is 41.7 Å². The lowest BCUT2D eigenvalue weighted by atomic mass is 9.67. The average molecular weight is 461 g/mol. The molecule has 0 radical (unpaired) electrons. The van der Waals surface area contributed by atoms with Crippen molar-refractivity contribution >= 4 is 22.8 Å². The van der Waals surface area contributed by atoms with Crippen molar-refractivity contribution in [3.8, 4) is 17.5 Å². The van der Waals surface area contributed by atoms with Crippen LogP contribution < -0.4 is 4.90 Å². The van der Waals surface area contributed by atoms with Gasteiger partial charge in [0.05, 0.1) is 34.6 Å². The number of hydrogen-bond donors (Lipinski definition) is 1. The molecule has 0 bridgehead atoms. The zero-order chi connectivity index (χ0) is 23.9. The number of nitrogens with zero attached hydrogens (tertiary/aromatic N) is 7. The highest BCUT2D eigenvalue weighted by molar-refractivity contribution is 5.92. The molecule has 0 unspecified atom stereocenters. The quantitative estimate of drug-likeness (QED) is 0.630. The number of ether oxygens (including phenoxy) is 1. The predicted molar refractivity (Wildman–Crippen MR) is 126 cm³/mol. The number of hydrogen-bond acceptors (Lipinski definition) is 8. The van der Waals surface area contributed by atoms with Gasteiger partial charge < -0.3 is 14.5 Å². The van der Waals surface area contributed by atoms with Crippen molar-refractivity contribution in [1.82, 2.24) is 30.0 Å². The lowest BCUT2D eigenvalue weighted by Crippen LogP contribution is -2.50. The van der Waals surface area contributed by atoms with Crippen molar-refractivity contribution < 1.29 is 9.53 Å². The number of rotatable bonds is 3. The van der Waals surface area contributed by atoms with Crippen molar-refractivity contribution in [3.63, 3.8) is 0 Å². The summed E-state index contributed by atoms with van der Waals surface area (Å²) in [6.45, 7) is 8.02. The molecule has 0 aromatic carbocycles. The van der Waals surface area contributed by atoms with Gasteiger partial charge >= 0.3 is 6.09 Å². The fourth-order valence-electron chi connectivity index (χ4n) is 4.42. The maximum atomic E-state index is 12.4. The number of fused-ring (bicyclic) bond motifs is 1.